The number of hydrogen-bond acceptors (Lipinski definition) is 5. The van der Waals surface area contributed by atoms with Gasteiger partial charge in [-0.3, -0.25) is 19.7 Å². The molecule has 162 valence electrons. The van der Waals surface area contributed by atoms with Crippen molar-refractivity contribution in [2.45, 2.75) is 57.9 Å². The van der Waals surface area contributed by atoms with E-state index in [1.165, 1.54) is 6.42 Å². The molecule has 1 saturated heterocycles. The molecule has 1 saturated carbocycles. The molecule has 0 unspecified atom stereocenters. The lowest BCUT2D eigenvalue weighted by Gasteiger charge is -2.22. The Hall–Kier alpha value is -2.90. The second-order valence-electron chi connectivity index (χ2n) is 7.85. The van der Waals surface area contributed by atoms with Crippen LogP contribution in [0.4, 0.5) is 10.5 Å². The summed E-state index contributed by atoms with van der Waals surface area (Å²) in [5.74, 6) is -2.07. The summed E-state index contributed by atoms with van der Waals surface area (Å²) in [4.78, 5) is 50.2. The van der Waals surface area contributed by atoms with Gasteiger partial charge in [-0.05, 0) is 30.9 Å². The van der Waals surface area contributed by atoms with Crippen molar-refractivity contribution >= 4 is 29.5 Å². The van der Waals surface area contributed by atoms with E-state index in [1.807, 2.05) is 31.2 Å². The van der Waals surface area contributed by atoms with Crippen LogP contribution in [0.15, 0.2) is 24.3 Å². The first-order valence-corrected chi connectivity index (χ1v) is 10.6. The number of hydrogen-bond donors (Lipinski definition) is 2. The monoisotopic (exact) mass is 415 g/mol. The number of urea groups is 1. The number of amides is 4. The number of anilines is 1. The highest BCUT2D eigenvalue weighted by Crippen LogP contribution is 2.29. The van der Waals surface area contributed by atoms with Crippen molar-refractivity contribution in [3.8, 4) is 0 Å². The Bertz CT molecular complexity index is 804. The minimum Gasteiger partial charge on any atom is -0.455 e. The first-order valence-electron chi connectivity index (χ1n) is 10.6. The molecule has 2 fully saturated rings. The van der Waals surface area contributed by atoms with Crippen LogP contribution in [0.25, 0.3) is 0 Å². The van der Waals surface area contributed by atoms with Gasteiger partial charge in [0.2, 0.25) is 5.91 Å². The molecule has 0 aromatic heterocycles. The maximum absolute atomic E-state index is 12.4. The number of nitrogens with one attached hydrogen (secondary N) is 2. The summed E-state index contributed by atoms with van der Waals surface area (Å²) in [6, 6.07) is 7.10. The minimum absolute atomic E-state index is 0.0423. The fraction of sp³-hybridized carbons (Fsp3) is 0.545. The zero-order chi connectivity index (χ0) is 21.5. The van der Waals surface area contributed by atoms with E-state index in [0.717, 1.165) is 43.4 Å². The molecule has 1 aliphatic heterocycles. The fourth-order valence-corrected chi connectivity index (χ4v) is 4.06. The predicted molar refractivity (Wildman–Crippen MR) is 111 cm³/mol. The van der Waals surface area contributed by atoms with Crippen molar-refractivity contribution in [1.29, 1.82) is 0 Å². The lowest BCUT2D eigenvalue weighted by molar-refractivity contribution is -0.152. The van der Waals surface area contributed by atoms with Gasteiger partial charge in [-0.25, -0.2) is 4.79 Å². The first kappa shape index (κ1) is 21.8. The number of esters is 1. The van der Waals surface area contributed by atoms with Crippen LogP contribution in [0.2, 0.25) is 0 Å². The Morgan fingerprint density at radius 3 is 2.60 bits per heavy atom. The summed E-state index contributed by atoms with van der Waals surface area (Å²) in [6.07, 6.45) is 5.93. The standard InChI is InChI=1S/C22H29N3O5/c1-2-15-8-6-7-11-18(15)25-13-16(12-20(25)27)21(28)30-14-19(26)24-22(29)23-17-9-4-3-5-10-17/h6-8,11,16-17H,2-5,9-10,12-14H2,1H3,(H2,23,24,26,29)/t16-/m0/s1. The minimum atomic E-state index is -0.686. The smallest absolute Gasteiger partial charge is 0.321 e. The quantitative estimate of drug-likeness (QED) is 0.694. The van der Waals surface area contributed by atoms with Crippen molar-refractivity contribution in [2.75, 3.05) is 18.1 Å². The maximum Gasteiger partial charge on any atom is 0.321 e. The zero-order valence-electron chi connectivity index (χ0n) is 17.3. The van der Waals surface area contributed by atoms with Gasteiger partial charge < -0.3 is 15.0 Å². The largest absolute Gasteiger partial charge is 0.455 e. The molecular formula is C22H29N3O5. The van der Waals surface area contributed by atoms with Gasteiger partial charge >= 0.3 is 12.0 Å². The van der Waals surface area contributed by atoms with Gasteiger partial charge in [0.1, 0.15) is 0 Å². The van der Waals surface area contributed by atoms with Crippen LogP contribution in [0.3, 0.4) is 0 Å². The van der Waals surface area contributed by atoms with E-state index in [-0.39, 0.29) is 24.9 Å². The number of imide groups is 1. The van der Waals surface area contributed by atoms with E-state index in [1.54, 1.807) is 4.90 Å². The molecule has 1 aromatic rings. The van der Waals surface area contributed by atoms with Gasteiger partial charge in [0, 0.05) is 24.7 Å². The van der Waals surface area contributed by atoms with Crippen molar-refractivity contribution in [1.82, 2.24) is 10.6 Å². The van der Waals surface area contributed by atoms with E-state index < -0.39 is 30.4 Å². The molecule has 1 aromatic carbocycles. The second kappa shape index (κ2) is 10.2. The van der Waals surface area contributed by atoms with Crippen molar-refractivity contribution < 1.29 is 23.9 Å². The van der Waals surface area contributed by atoms with Gasteiger partial charge in [-0.2, -0.15) is 0 Å². The molecule has 1 heterocycles. The number of nitrogens with zero attached hydrogens (tertiary/aromatic N) is 1. The molecule has 0 bridgehead atoms. The molecule has 0 spiro atoms. The predicted octanol–water partition coefficient (Wildman–Crippen LogP) is 2.30. The highest BCUT2D eigenvalue weighted by atomic mass is 16.5. The number of carbonyl (C=O) groups is 4. The number of carbonyl (C=O) groups excluding carboxylic acids is 4. The third-order valence-corrected chi connectivity index (χ3v) is 5.66. The third kappa shape index (κ3) is 5.58. The lowest BCUT2D eigenvalue weighted by Crippen LogP contribution is -2.46. The summed E-state index contributed by atoms with van der Waals surface area (Å²) in [5.41, 5.74) is 1.83. The Morgan fingerprint density at radius 2 is 1.87 bits per heavy atom. The molecule has 4 amide bonds. The Morgan fingerprint density at radius 1 is 1.13 bits per heavy atom. The van der Waals surface area contributed by atoms with E-state index in [2.05, 4.69) is 10.6 Å². The van der Waals surface area contributed by atoms with E-state index in [4.69, 9.17) is 4.74 Å². The molecule has 2 aliphatic rings. The van der Waals surface area contributed by atoms with Gasteiger partial charge in [0.05, 0.1) is 5.92 Å². The summed E-state index contributed by atoms with van der Waals surface area (Å²) >= 11 is 0. The highest BCUT2D eigenvalue weighted by molar-refractivity contribution is 6.00. The summed E-state index contributed by atoms with van der Waals surface area (Å²) in [5, 5.41) is 4.96. The normalized spacial score (nSPS) is 19.4. The van der Waals surface area contributed by atoms with E-state index >= 15 is 0 Å². The number of benzene rings is 1. The molecule has 30 heavy (non-hydrogen) atoms. The van der Waals surface area contributed by atoms with Gasteiger partial charge in [0.25, 0.3) is 5.91 Å². The Balaban J connectivity index is 1.45. The van der Waals surface area contributed by atoms with Crippen LogP contribution in [0.1, 0.15) is 51.0 Å². The van der Waals surface area contributed by atoms with Crippen LogP contribution in [-0.2, 0) is 25.5 Å². The van der Waals surface area contributed by atoms with Crippen LogP contribution in [0.5, 0.6) is 0 Å². The molecule has 8 nitrogen and oxygen atoms in total. The number of rotatable bonds is 6. The molecule has 2 N–H and O–H groups in total. The van der Waals surface area contributed by atoms with Crippen molar-refractivity contribution in [3.63, 3.8) is 0 Å². The van der Waals surface area contributed by atoms with Gasteiger partial charge in [0.15, 0.2) is 6.61 Å². The summed E-state index contributed by atoms with van der Waals surface area (Å²) in [7, 11) is 0. The van der Waals surface area contributed by atoms with E-state index in [0.29, 0.717) is 0 Å². The molecule has 0 radical (unpaired) electrons. The number of para-hydroxylation sites is 1. The van der Waals surface area contributed by atoms with Crippen molar-refractivity contribution in [3.05, 3.63) is 29.8 Å². The van der Waals surface area contributed by atoms with Crippen LogP contribution >= 0.6 is 0 Å². The Labute approximate surface area is 176 Å². The lowest BCUT2D eigenvalue weighted by atomic mass is 9.96. The van der Waals surface area contributed by atoms with Crippen LogP contribution in [-0.4, -0.2) is 43.0 Å². The average molecular weight is 415 g/mol. The topological polar surface area (TPSA) is 105 Å². The first-order chi connectivity index (χ1) is 14.5. The van der Waals surface area contributed by atoms with E-state index in [9.17, 15) is 19.2 Å². The number of aryl methyl sites for hydroxylation is 1. The summed E-state index contributed by atoms with van der Waals surface area (Å²) in [6.45, 7) is 1.68. The Kier molecular flexibility index (Phi) is 7.43. The van der Waals surface area contributed by atoms with Crippen molar-refractivity contribution in [2.24, 2.45) is 5.92 Å². The van der Waals surface area contributed by atoms with Gasteiger partial charge in [-0.1, -0.05) is 44.4 Å². The zero-order valence-corrected chi connectivity index (χ0v) is 17.3. The third-order valence-electron chi connectivity index (χ3n) is 5.66. The SMILES string of the molecule is CCc1ccccc1N1C[C@@H](C(=O)OCC(=O)NC(=O)NC2CCCCC2)CC1=O. The van der Waals surface area contributed by atoms with Crippen LogP contribution < -0.4 is 15.5 Å². The molecule has 1 atom stereocenters. The van der Waals surface area contributed by atoms with Gasteiger partial charge in [-0.15, -0.1) is 0 Å². The molecule has 1 aliphatic carbocycles. The molecule has 8 heteroatoms. The maximum atomic E-state index is 12.4. The number of ether oxygens (including phenoxy) is 1. The van der Waals surface area contributed by atoms with Crippen LogP contribution in [0, 0.1) is 5.92 Å². The highest BCUT2D eigenvalue weighted by Gasteiger charge is 2.37. The fourth-order valence-electron chi connectivity index (χ4n) is 4.06. The second-order valence-corrected chi connectivity index (χ2v) is 7.85. The molecule has 3 rings (SSSR count). The molecular weight excluding hydrogens is 386 g/mol. The summed E-state index contributed by atoms with van der Waals surface area (Å²) < 4.78 is 5.06. The average Bonchev–Trinajstić information content (AvgIpc) is 3.14.